The number of nitrogens with two attached hydrogens (primary N) is 1. The van der Waals surface area contributed by atoms with Gasteiger partial charge in [0, 0.05) is 17.6 Å². The highest BCUT2D eigenvalue weighted by atomic mass is 32.1. The molecule has 1 unspecified atom stereocenters. The van der Waals surface area contributed by atoms with Gasteiger partial charge < -0.3 is 11.1 Å². The number of nitrogens with zero attached hydrogens (tertiary/aromatic N) is 1. The van der Waals surface area contributed by atoms with Crippen LogP contribution in [0, 0.1) is 11.3 Å². The topological polar surface area (TPSA) is 50.9 Å². The lowest BCUT2D eigenvalue weighted by molar-refractivity contribution is 0.210. The summed E-state index contributed by atoms with van der Waals surface area (Å²) in [6, 6.07) is 0. The van der Waals surface area contributed by atoms with Crippen LogP contribution in [0.5, 0.6) is 0 Å². The number of aromatic nitrogens is 1. The SMILES string of the molecule is CC(C)(C)C(CCN)CCCNCc1cncs1. The van der Waals surface area contributed by atoms with Crippen LogP contribution < -0.4 is 11.1 Å². The van der Waals surface area contributed by atoms with E-state index in [2.05, 4.69) is 31.1 Å². The van der Waals surface area contributed by atoms with Crippen molar-refractivity contribution in [3.63, 3.8) is 0 Å². The molecule has 0 spiro atoms. The van der Waals surface area contributed by atoms with Gasteiger partial charge in [-0.1, -0.05) is 20.8 Å². The molecule has 0 bridgehead atoms. The highest BCUT2D eigenvalue weighted by molar-refractivity contribution is 7.09. The number of nitrogens with one attached hydrogen (secondary N) is 1. The average Bonchev–Trinajstić information content (AvgIpc) is 2.78. The van der Waals surface area contributed by atoms with Crippen molar-refractivity contribution in [1.82, 2.24) is 10.3 Å². The molecule has 0 saturated heterocycles. The Morgan fingerprint density at radius 1 is 1.39 bits per heavy atom. The Labute approximate surface area is 115 Å². The molecule has 1 heterocycles. The Balaban J connectivity index is 2.15. The molecular formula is C14H27N3S. The van der Waals surface area contributed by atoms with Crippen LogP contribution in [0.4, 0.5) is 0 Å². The van der Waals surface area contributed by atoms with E-state index >= 15 is 0 Å². The molecular weight excluding hydrogens is 242 g/mol. The van der Waals surface area contributed by atoms with Crippen molar-refractivity contribution < 1.29 is 0 Å². The van der Waals surface area contributed by atoms with Gasteiger partial charge >= 0.3 is 0 Å². The van der Waals surface area contributed by atoms with Crippen LogP contribution in [0.1, 0.15) is 44.9 Å². The van der Waals surface area contributed by atoms with Gasteiger partial charge in [-0.25, -0.2) is 0 Å². The van der Waals surface area contributed by atoms with E-state index in [0.717, 1.165) is 32.0 Å². The van der Waals surface area contributed by atoms with E-state index in [0.29, 0.717) is 5.41 Å². The average molecular weight is 269 g/mol. The Bertz CT molecular complexity index is 303. The van der Waals surface area contributed by atoms with Gasteiger partial charge in [0.1, 0.15) is 0 Å². The van der Waals surface area contributed by atoms with Gasteiger partial charge in [0.25, 0.3) is 0 Å². The molecule has 0 amide bonds. The van der Waals surface area contributed by atoms with E-state index in [4.69, 9.17) is 5.73 Å². The lowest BCUT2D eigenvalue weighted by Crippen LogP contribution is -2.25. The minimum Gasteiger partial charge on any atom is -0.330 e. The maximum atomic E-state index is 5.70. The molecule has 3 N–H and O–H groups in total. The summed E-state index contributed by atoms with van der Waals surface area (Å²) in [5.74, 6) is 0.729. The fourth-order valence-electron chi connectivity index (χ4n) is 2.23. The second-order valence-corrected chi connectivity index (χ2v) is 6.90. The smallest absolute Gasteiger partial charge is 0.0794 e. The van der Waals surface area contributed by atoms with E-state index < -0.39 is 0 Å². The first-order valence-electron chi connectivity index (χ1n) is 6.82. The van der Waals surface area contributed by atoms with Crippen molar-refractivity contribution in [2.24, 2.45) is 17.1 Å². The maximum Gasteiger partial charge on any atom is 0.0794 e. The molecule has 0 aromatic carbocycles. The zero-order valence-electron chi connectivity index (χ0n) is 11.9. The summed E-state index contributed by atoms with van der Waals surface area (Å²) >= 11 is 1.71. The minimum atomic E-state index is 0.372. The zero-order chi connectivity index (χ0) is 13.4. The van der Waals surface area contributed by atoms with Crippen molar-refractivity contribution in [2.75, 3.05) is 13.1 Å². The Morgan fingerprint density at radius 2 is 2.17 bits per heavy atom. The summed E-state index contributed by atoms with van der Waals surface area (Å²) in [5, 5.41) is 3.48. The molecule has 1 aromatic heterocycles. The Hall–Kier alpha value is -0.450. The van der Waals surface area contributed by atoms with E-state index in [-0.39, 0.29) is 0 Å². The van der Waals surface area contributed by atoms with Crippen molar-refractivity contribution in [2.45, 2.75) is 46.6 Å². The first-order valence-corrected chi connectivity index (χ1v) is 7.70. The first-order chi connectivity index (χ1) is 8.54. The number of hydrogen-bond donors (Lipinski definition) is 2. The van der Waals surface area contributed by atoms with Gasteiger partial charge in [-0.15, -0.1) is 11.3 Å². The number of rotatable bonds is 8. The molecule has 1 aromatic rings. The monoisotopic (exact) mass is 269 g/mol. The highest BCUT2D eigenvalue weighted by Gasteiger charge is 2.22. The van der Waals surface area contributed by atoms with Crippen LogP contribution in [-0.2, 0) is 6.54 Å². The normalized spacial score (nSPS) is 13.8. The third-order valence-electron chi connectivity index (χ3n) is 3.43. The molecule has 104 valence electrons. The van der Waals surface area contributed by atoms with Crippen LogP contribution >= 0.6 is 11.3 Å². The number of thiazole rings is 1. The molecule has 0 aliphatic carbocycles. The van der Waals surface area contributed by atoms with Gasteiger partial charge in [-0.3, -0.25) is 4.98 Å². The van der Waals surface area contributed by atoms with Crippen LogP contribution in [0.15, 0.2) is 11.7 Å². The summed E-state index contributed by atoms with van der Waals surface area (Å²) in [6.45, 7) is 9.78. The Morgan fingerprint density at radius 3 is 2.72 bits per heavy atom. The summed E-state index contributed by atoms with van der Waals surface area (Å²) < 4.78 is 0. The standard InChI is InChI=1S/C14H27N3S/c1-14(2,3)12(6-7-15)5-4-8-16-9-13-10-17-11-18-13/h10-12,16H,4-9,15H2,1-3H3. The van der Waals surface area contributed by atoms with E-state index in [1.165, 1.54) is 17.7 Å². The molecule has 0 fully saturated rings. The van der Waals surface area contributed by atoms with Gasteiger partial charge in [-0.2, -0.15) is 0 Å². The molecule has 1 rings (SSSR count). The second-order valence-electron chi connectivity index (χ2n) is 5.93. The van der Waals surface area contributed by atoms with Gasteiger partial charge in [-0.05, 0) is 43.7 Å². The van der Waals surface area contributed by atoms with Crippen molar-refractivity contribution in [3.05, 3.63) is 16.6 Å². The van der Waals surface area contributed by atoms with Gasteiger partial charge in [0.2, 0.25) is 0 Å². The minimum absolute atomic E-state index is 0.372. The third kappa shape index (κ3) is 5.94. The summed E-state index contributed by atoms with van der Waals surface area (Å²) in [7, 11) is 0. The van der Waals surface area contributed by atoms with Crippen LogP contribution in [0.3, 0.4) is 0 Å². The van der Waals surface area contributed by atoms with Crippen molar-refractivity contribution in [3.8, 4) is 0 Å². The molecule has 18 heavy (non-hydrogen) atoms. The van der Waals surface area contributed by atoms with Gasteiger partial charge in [0.15, 0.2) is 0 Å². The fourth-order valence-corrected chi connectivity index (χ4v) is 2.79. The fraction of sp³-hybridized carbons (Fsp3) is 0.786. The lowest BCUT2D eigenvalue weighted by atomic mass is 9.76. The van der Waals surface area contributed by atoms with Crippen LogP contribution in [-0.4, -0.2) is 18.1 Å². The summed E-state index contributed by atoms with van der Waals surface area (Å²) in [4.78, 5) is 5.38. The lowest BCUT2D eigenvalue weighted by Gasteiger charge is -2.30. The maximum absolute atomic E-state index is 5.70. The quantitative estimate of drug-likeness (QED) is 0.713. The molecule has 4 heteroatoms. The van der Waals surface area contributed by atoms with Crippen molar-refractivity contribution >= 4 is 11.3 Å². The van der Waals surface area contributed by atoms with Crippen LogP contribution in [0.25, 0.3) is 0 Å². The molecule has 0 aliphatic rings. The first kappa shape index (κ1) is 15.6. The summed E-state index contributed by atoms with van der Waals surface area (Å²) in [6.07, 6.45) is 5.56. The summed E-state index contributed by atoms with van der Waals surface area (Å²) in [5.41, 5.74) is 7.95. The predicted molar refractivity (Wildman–Crippen MR) is 79.7 cm³/mol. The second kappa shape index (κ2) is 7.87. The molecule has 1 atom stereocenters. The number of hydrogen-bond acceptors (Lipinski definition) is 4. The Kier molecular flexibility index (Phi) is 6.82. The van der Waals surface area contributed by atoms with Crippen LogP contribution in [0.2, 0.25) is 0 Å². The van der Waals surface area contributed by atoms with E-state index in [1.54, 1.807) is 11.3 Å². The molecule has 3 nitrogen and oxygen atoms in total. The third-order valence-corrected chi connectivity index (χ3v) is 4.21. The molecule has 0 radical (unpaired) electrons. The van der Waals surface area contributed by atoms with E-state index in [9.17, 15) is 0 Å². The predicted octanol–water partition coefficient (Wildman–Crippen LogP) is 3.02. The zero-order valence-corrected chi connectivity index (χ0v) is 12.7. The molecule has 0 saturated carbocycles. The largest absolute Gasteiger partial charge is 0.330 e. The molecule has 0 aliphatic heterocycles. The van der Waals surface area contributed by atoms with Gasteiger partial charge in [0.05, 0.1) is 5.51 Å². The van der Waals surface area contributed by atoms with Crippen molar-refractivity contribution in [1.29, 1.82) is 0 Å². The highest BCUT2D eigenvalue weighted by Crippen LogP contribution is 2.31. The van der Waals surface area contributed by atoms with E-state index in [1.807, 2.05) is 11.7 Å².